The first-order valence-corrected chi connectivity index (χ1v) is 10.4. The van der Waals surface area contributed by atoms with Crippen LogP contribution in [0.4, 0.5) is 5.69 Å². The number of sulfonamides is 1. The molecule has 1 aromatic rings. The molecule has 2 aliphatic heterocycles. The number of hydrogen-bond donors (Lipinski definition) is 0. The third kappa shape index (κ3) is 4.36. The highest BCUT2D eigenvalue weighted by molar-refractivity contribution is 7.92. The smallest absolute Gasteiger partial charge is 0.232 e. The van der Waals surface area contributed by atoms with Crippen LogP contribution in [0.15, 0.2) is 18.2 Å². The first-order chi connectivity index (χ1) is 11.9. The van der Waals surface area contributed by atoms with Crippen molar-refractivity contribution in [1.82, 2.24) is 4.90 Å². The molecule has 0 radical (unpaired) electrons. The minimum atomic E-state index is -3.50. The maximum Gasteiger partial charge on any atom is 0.232 e. The number of rotatable bonds is 5. The minimum Gasteiger partial charge on any atom is -0.454 e. The molecule has 2 aliphatic rings. The highest BCUT2D eigenvalue weighted by Gasteiger charge is 2.23. The molecule has 0 N–H and O–H groups in total. The van der Waals surface area contributed by atoms with Crippen LogP contribution in [0.2, 0.25) is 0 Å². The van der Waals surface area contributed by atoms with Gasteiger partial charge in [0.25, 0.3) is 0 Å². The maximum atomic E-state index is 12.5. The van der Waals surface area contributed by atoms with Crippen molar-refractivity contribution >= 4 is 21.6 Å². The second-order valence-electron chi connectivity index (χ2n) is 6.42. The largest absolute Gasteiger partial charge is 0.454 e. The number of fused-ring (bicyclic) bond motifs is 1. The number of amides is 1. The molecule has 25 heavy (non-hydrogen) atoms. The van der Waals surface area contributed by atoms with Crippen LogP contribution in [0, 0.1) is 0 Å². The number of nitrogens with zero attached hydrogens (tertiary/aromatic N) is 2. The van der Waals surface area contributed by atoms with E-state index >= 15 is 0 Å². The standard InChI is InChI=1S/C17H24N2O5S/c1-25(21,22)19(14-6-7-15-16(12-14)24-13-23-15)11-8-17(20)18-9-4-2-3-5-10-18/h6-7,12H,2-5,8-11,13H2,1H3. The molecule has 1 amide bonds. The first-order valence-electron chi connectivity index (χ1n) is 8.60. The highest BCUT2D eigenvalue weighted by atomic mass is 32.2. The normalized spacial score (nSPS) is 17.2. The molecule has 1 fully saturated rings. The van der Waals surface area contributed by atoms with Gasteiger partial charge < -0.3 is 14.4 Å². The third-order valence-corrected chi connectivity index (χ3v) is 5.73. The second kappa shape index (κ2) is 7.51. The molecule has 138 valence electrons. The molecular weight excluding hydrogens is 344 g/mol. The maximum absolute atomic E-state index is 12.5. The van der Waals surface area contributed by atoms with E-state index in [-0.39, 0.29) is 25.7 Å². The Morgan fingerprint density at radius 3 is 2.48 bits per heavy atom. The summed E-state index contributed by atoms with van der Waals surface area (Å²) in [6.45, 7) is 1.78. The number of benzene rings is 1. The van der Waals surface area contributed by atoms with Crippen molar-refractivity contribution in [1.29, 1.82) is 0 Å². The average Bonchev–Trinajstić information content (AvgIpc) is 2.85. The zero-order valence-electron chi connectivity index (χ0n) is 14.4. The lowest BCUT2D eigenvalue weighted by Crippen LogP contribution is -2.37. The fraction of sp³-hybridized carbons (Fsp3) is 0.588. The van der Waals surface area contributed by atoms with Gasteiger partial charge in [-0.15, -0.1) is 0 Å². The molecule has 1 saturated heterocycles. The van der Waals surface area contributed by atoms with Gasteiger partial charge >= 0.3 is 0 Å². The molecule has 0 bridgehead atoms. The van der Waals surface area contributed by atoms with Gasteiger partial charge in [0, 0.05) is 32.1 Å². The summed E-state index contributed by atoms with van der Waals surface area (Å²) < 4.78 is 36.2. The summed E-state index contributed by atoms with van der Waals surface area (Å²) in [5, 5.41) is 0. The van der Waals surface area contributed by atoms with Crippen LogP contribution in [-0.2, 0) is 14.8 Å². The molecule has 0 saturated carbocycles. The Labute approximate surface area is 148 Å². The number of ether oxygens (including phenoxy) is 2. The average molecular weight is 368 g/mol. The second-order valence-corrected chi connectivity index (χ2v) is 8.32. The van der Waals surface area contributed by atoms with E-state index in [0.29, 0.717) is 17.2 Å². The summed E-state index contributed by atoms with van der Waals surface area (Å²) in [6.07, 6.45) is 5.65. The molecule has 0 aromatic heterocycles. The van der Waals surface area contributed by atoms with Crippen LogP contribution < -0.4 is 13.8 Å². The summed E-state index contributed by atoms with van der Waals surface area (Å²) in [6, 6.07) is 5.00. The van der Waals surface area contributed by atoms with Crippen LogP contribution >= 0.6 is 0 Å². The SMILES string of the molecule is CS(=O)(=O)N(CCC(=O)N1CCCCCC1)c1ccc2c(c1)OCO2. The summed E-state index contributed by atoms with van der Waals surface area (Å²) >= 11 is 0. The number of carbonyl (C=O) groups is 1. The number of hydrogen-bond acceptors (Lipinski definition) is 5. The van der Waals surface area contributed by atoms with E-state index in [1.807, 2.05) is 4.90 Å². The fourth-order valence-corrected chi connectivity index (χ4v) is 4.12. The monoisotopic (exact) mass is 368 g/mol. The van der Waals surface area contributed by atoms with Crippen molar-refractivity contribution in [3.8, 4) is 11.5 Å². The van der Waals surface area contributed by atoms with Gasteiger partial charge in [-0.2, -0.15) is 0 Å². The predicted octanol–water partition coefficient (Wildman–Crippen LogP) is 1.97. The lowest BCUT2D eigenvalue weighted by Gasteiger charge is -2.25. The fourth-order valence-electron chi connectivity index (χ4n) is 3.20. The van der Waals surface area contributed by atoms with Gasteiger partial charge in [0.2, 0.25) is 22.7 Å². The molecule has 0 aliphatic carbocycles. The highest BCUT2D eigenvalue weighted by Crippen LogP contribution is 2.36. The Hall–Kier alpha value is -1.96. The van der Waals surface area contributed by atoms with Crippen molar-refractivity contribution in [3.63, 3.8) is 0 Å². The zero-order valence-corrected chi connectivity index (χ0v) is 15.3. The summed E-state index contributed by atoms with van der Waals surface area (Å²) in [7, 11) is -3.50. The van der Waals surface area contributed by atoms with Crippen LogP contribution in [0.3, 0.4) is 0 Å². The summed E-state index contributed by atoms with van der Waals surface area (Å²) in [5.41, 5.74) is 0.482. The third-order valence-electron chi connectivity index (χ3n) is 4.53. The van der Waals surface area contributed by atoms with Gasteiger partial charge in [-0.3, -0.25) is 9.10 Å². The molecule has 3 rings (SSSR count). The van der Waals surface area contributed by atoms with E-state index in [9.17, 15) is 13.2 Å². The number of likely N-dealkylation sites (tertiary alicyclic amines) is 1. The van der Waals surface area contributed by atoms with Gasteiger partial charge in [0.1, 0.15) is 0 Å². The Bertz CT molecular complexity index is 727. The molecule has 2 heterocycles. The van der Waals surface area contributed by atoms with Crippen LogP contribution in [0.1, 0.15) is 32.1 Å². The van der Waals surface area contributed by atoms with Crippen LogP contribution in [0.5, 0.6) is 11.5 Å². The molecule has 1 aromatic carbocycles. The lowest BCUT2D eigenvalue weighted by atomic mass is 10.2. The molecule has 8 heteroatoms. The van der Waals surface area contributed by atoms with Crippen LogP contribution in [-0.4, -0.2) is 51.9 Å². The van der Waals surface area contributed by atoms with Crippen molar-refractivity contribution in [2.75, 3.05) is 37.0 Å². The van der Waals surface area contributed by atoms with Gasteiger partial charge in [0.15, 0.2) is 11.5 Å². The van der Waals surface area contributed by atoms with Crippen LogP contribution in [0.25, 0.3) is 0 Å². The topological polar surface area (TPSA) is 76.2 Å². The van der Waals surface area contributed by atoms with E-state index in [2.05, 4.69) is 0 Å². The predicted molar refractivity (Wildman–Crippen MR) is 94.4 cm³/mol. The summed E-state index contributed by atoms with van der Waals surface area (Å²) in [5.74, 6) is 1.12. The number of anilines is 1. The Balaban J connectivity index is 1.70. The Kier molecular flexibility index (Phi) is 5.36. The number of carbonyl (C=O) groups excluding carboxylic acids is 1. The Morgan fingerprint density at radius 1 is 1.12 bits per heavy atom. The van der Waals surface area contributed by atoms with Crippen molar-refractivity contribution < 1.29 is 22.7 Å². The summed E-state index contributed by atoms with van der Waals surface area (Å²) in [4.78, 5) is 14.3. The van der Waals surface area contributed by atoms with E-state index in [0.717, 1.165) is 45.0 Å². The van der Waals surface area contributed by atoms with Crippen molar-refractivity contribution in [2.45, 2.75) is 32.1 Å². The molecule has 7 nitrogen and oxygen atoms in total. The zero-order chi connectivity index (χ0) is 17.9. The Morgan fingerprint density at radius 2 is 1.80 bits per heavy atom. The van der Waals surface area contributed by atoms with E-state index in [4.69, 9.17) is 9.47 Å². The quantitative estimate of drug-likeness (QED) is 0.794. The van der Waals surface area contributed by atoms with E-state index < -0.39 is 10.0 Å². The van der Waals surface area contributed by atoms with Gasteiger partial charge in [0.05, 0.1) is 11.9 Å². The molecule has 0 atom stereocenters. The van der Waals surface area contributed by atoms with Gasteiger partial charge in [-0.05, 0) is 25.0 Å². The van der Waals surface area contributed by atoms with Crippen molar-refractivity contribution in [3.05, 3.63) is 18.2 Å². The molecule has 0 unspecified atom stereocenters. The van der Waals surface area contributed by atoms with Gasteiger partial charge in [-0.1, -0.05) is 12.8 Å². The van der Waals surface area contributed by atoms with E-state index in [1.54, 1.807) is 18.2 Å². The van der Waals surface area contributed by atoms with E-state index in [1.165, 1.54) is 4.31 Å². The first kappa shape index (κ1) is 17.8. The molecular formula is C17H24N2O5S. The molecule has 0 spiro atoms. The minimum absolute atomic E-state index is 0.0105. The van der Waals surface area contributed by atoms with Gasteiger partial charge in [-0.25, -0.2) is 8.42 Å². The van der Waals surface area contributed by atoms with Crippen molar-refractivity contribution in [2.24, 2.45) is 0 Å². The lowest BCUT2D eigenvalue weighted by molar-refractivity contribution is -0.130.